The second kappa shape index (κ2) is 5.49. The summed E-state index contributed by atoms with van der Waals surface area (Å²) in [6, 6.07) is 1.73. The van der Waals surface area contributed by atoms with Gasteiger partial charge in [-0.15, -0.1) is 11.3 Å². The van der Waals surface area contributed by atoms with E-state index in [4.69, 9.17) is 16.7 Å². The Morgan fingerprint density at radius 2 is 2.33 bits per heavy atom. The molecule has 5 heteroatoms. The van der Waals surface area contributed by atoms with Crippen molar-refractivity contribution in [3.05, 3.63) is 21.3 Å². The maximum atomic E-state index is 10.4. The molecule has 0 fully saturated rings. The normalized spacial score (nSPS) is 14.9. The third-order valence-electron chi connectivity index (χ3n) is 2.10. The van der Waals surface area contributed by atoms with Gasteiger partial charge in [-0.1, -0.05) is 18.5 Å². The van der Waals surface area contributed by atoms with Gasteiger partial charge in [0, 0.05) is 6.42 Å². The van der Waals surface area contributed by atoms with E-state index in [1.54, 1.807) is 13.0 Å². The van der Waals surface area contributed by atoms with Crippen LogP contribution in [0.3, 0.4) is 0 Å². The summed E-state index contributed by atoms with van der Waals surface area (Å²) in [4.78, 5) is 11.2. The highest BCUT2D eigenvalue weighted by Crippen LogP contribution is 2.32. The van der Waals surface area contributed by atoms with Crippen molar-refractivity contribution < 1.29 is 15.0 Å². The van der Waals surface area contributed by atoms with Gasteiger partial charge >= 0.3 is 5.97 Å². The van der Waals surface area contributed by atoms with E-state index >= 15 is 0 Å². The summed E-state index contributed by atoms with van der Waals surface area (Å²) in [6.45, 7) is 1.80. The van der Waals surface area contributed by atoms with Crippen LogP contribution in [0.5, 0.6) is 0 Å². The molecule has 15 heavy (non-hydrogen) atoms. The third kappa shape index (κ3) is 3.81. The van der Waals surface area contributed by atoms with E-state index in [1.165, 1.54) is 11.3 Å². The van der Waals surface area contributed by atoms with Crippen molar-refractivity contribution in [3.63, 3.8) is 0 Å². The van der Waals surface area contributed by atoms with Crippen molar-refractivity contribution in [3.8, 4) is 0 Å². The second-order valence-corrected chi connectivity index (χ2v) is 4.94. The van der Waals surface area contributed by atoms with Crippen molar-refractivity contribution in [2.75, 3.05) is 0 Å². The first-order chi connectivity index (χ1) is 7.00. The number of hydrogen-bond acceptors (Lipinski definition) is 3. The molecule has 0 radical (unpaired) electrons. The monoisotopic (exact) mass is 248 g/mol. The Balaban J connectivity index is 2.52. The van der Waals surface area contributed by atoms with Gasteiger partial charge in [0.25, 0.3) is 0 Å². The van der Waals surface area contributed by atoms with Gasteiger partial charge in [-0.25, -0.2) is 0 Å². The number of halogens is 1. The van der Waals surface area contributed by atoms with Gasteiger partial charge in [-0.3, -0.25) is 4.79 Å². The highest BCUT2D eigenvalue weighted by molar-refractivity contribution is 7.10. The van der Waals surface area contributed by atoms with Crippen LogP contribution in [-0.2, 0) is 4.79 Å². The molecular weight excluding hydrogens is 236 g/mol. The van der Waals surface area contributed by atoms with Crippen LogP contribution < -0.4 is 0 Å². The molecule has 2 atom stereocenters. The first kappa shape index (κ1) is 12.5. The van der Waals surface area contributed by atoms with Crippen LogP contribution in [0.25, 0.3) is 0 Å². The van der Waals surface area contributed by atoms with E-state index < -0.39 is 12.1 Å². The van der Waals surface area contributed by atoms with E-state index in [0.717, 1.165) is 0 Å². The number of thiophene rings is 1. The predicted octanol–water partition coefficient (Wildman–Crippen LogP) is 2.94. The molecule has 0 bridgehead atoms. The second-order valence-electron chi connectivity index (χ2n) is 3.59. The molecule has 0 saturated carbocycles. The van der Waals surface area contributed by atoms with Gasteiger partial charge in [0.05, 0.1) is 16.0 Å². The highest BCUT2D eigenvalue weighted by Gasteiger charge is 2.17. The van der Waals surface area contributed by atoms with E-state index in [1.807, 2.05) is 5.38 Å². The lowest BCUT2D eigenvalue weighted by Gasteiger charge is -2.13. The van der Waals surface area contributed by atoms with Crippen molar-refractivity contribution in [1.29, 1.82) is 0 Å². The summed E-state index contributed by atoms with van der Waals surface area (Å²) < 4.78 is 0. The maximum Gasteiger partial charge on any atom is 0.303 e. The summed E-state index contributed by atoms with van der Waals surface area (Å²) in [6.07, 6.45) is -0.168. The molecule has 1 aromatic rings. The maximum absolute atomic E-state index is 10.4. The fourth-order valence-electron chi connectivity index (χ4n) is 1.41. The van der Waals surface area contributed by atoms with Crippen molar-refractivity contribution in [1.82, 2.24) is 0 Å². The fourth-order valence-corrected chi connectivity index (χ4v) is 2.59. The molecule has 2 N–H and O–H groups in total. The number of carboxylic acid groups (broad SMARTS) is 1. The van der Waals surface area contributed by atoms with Crippen LogP contribution in [0, 0.1) is 5.92 Å². The number of aliphatic hydroxyl groups excluding tert-OH is 1. The lowest BCUT2D eigenvalue weighted by molar-refractivity contribution is -0.138. The van der Waals surface area contributed by atoms with E-state index in [2.05, 4.69) is 0 Å². The Kier molecular flexibility index (Phi) is 4.57. The minimum absolute atomic E-state index is 0.0596. The van der Waals surface area contributed by atoms with Crippen LogP contribution in [0.4, 0.5) is 0 Å². The van der Waals surface area contributed by atoms with E-state index in [0.29, 0.717) is 16.3 Å². The summed E-state index contributed by atoms with van der Waals surface area (Å²) in [5, 5.41) is 20.7. The Morgan fingerprint density at radius 1 is 1.67 bits per heavy atom. The molecule has 84 valence electrons. The zero-order valence-corrected chi connectivity index (χ0v) is 9.88. The standard InChI is InChI=1S/C10H13ClO3S/c1-6(5-9(13)14)4-8(12)10-7(11)2-3-15-10/h2-3,6,8,12H,4-5H2,1H3,(H,13,14). The number of hydrogen-bond donors (Lipinski definition) is 2. The van der Waals surface area contributed by atoms with Gasteiger partial charge in [0.2, 0.25) is 0 Å². The number of aliphatic carboxylic acids is 1. The molecule has 1 aromatic heterocycles. The van der Waals surface area contributed by atoms with Gasteiger partial charge in [-0.2, -0.15) is 0 Å². The van der Waals surface area contributed by atoms with Crippen LogP contribution >= 0.6 is 22.9 Å². The van der Waals surface area contributed by atoms with Crippen LogP contribution in [-0.4, -0.2) is 16.2 Å². The molecule has 0 aromatic carbocycles. The summed E-state index contributed by atoms with van der Waals surface area (Å²) in [5.41, 5.74) is 0. The molecule has 0 spiro atoms. The molecule has 0 aliphatic rings. The zero-order valence-electron chi connectivity index (χ0n) is 8.31. The van der Waals surface area contributed by atoms with Gasteiger partial charge in [0.15, 0.2) is 0 Å². The molecule has 0 aliphatic heterocycles. The predicted molar refractivity (Wildman–Crippen MR) is 60.3 cm³/mol. The molecule has 1 heterocycles. The summed E-state index contributed by atoms with van der Waals surface area (Å²) >= 11 is 7.25. The van der Waals surface area contributed by atoms with Crippen molar-refractivity contribution >= 4 is 28.9 Å². The average molecular weight is 249 g/mol. The summed E-state index contributed by atoms with van der Waals surface area (Å²) in [5.74, 6) is -0.900. The largest absolute Gasteiger partial charge is 0.481 e. The van der Waals surface area contributed by atoms with Crippen LogP contribution in [0.1, 0.15) is 30.7 Å². The van der Waals surface area contributed by atoms with Gasteiger partial charge < -0.3 is 10.2 Å². The Bertz CT molecular complexity index is 337. The van der Waals surface area contributed by atoms with Crippen molar-refractivity contribution in [2.24, 2.45) is 5.92 Å². The molecule has 1 rings (SSSR count). The molecule has 2 unspecified atom stereocenters. The zero-order chi connectivity index (χ0) is 11.4. The van der Waals surface area contributed by atoms with Gasteiger partial charge in [-0.05, 0) is 23.8 Å². The Morgan fingerprint density at radius 3 is 2.80 bits per heavy atom. The third-order valence-corrected chi connectivity index (χ3v) is 3.56. The molecule has 0 saturated heterocycles. The van der Waals surface area contributed by atoms with Crippen molar-refractivity contribution in [2.45, 2.75) is 25.9 Å². The smallest absolute Gasteiger partial charge is 0.303 e. The first-order valence-electron chi connectivity index (χ1n) is 4.63. The Hall–Kier alpha value is -0.580. The lowest BCUT2D eigenvalue weighted by Crippen LogP contribution is -2.08. The minimum Gasteiger partial charge on any atom is -0.481 e. The first-order valence-corrected chi connectivity index (χ1v) is 5.89. The minimum atomic E-state index is -0.841. The topological polar surface area (TPSA) is 57.5 Å². The van der Waals surface area contributed by atoms with Gasteiger partial charge in [0.1, 0.15) is 0 Å². The molecule has 0 aliphatic carbocycles. The lowest BCUT2D eigenvalue weighted by atomic mass is 9.99. The average Bonchev–Trinajstić information content (AvgIpc) is 2.49. The highest BCUT2D eigenvalue weighted by atomic mass is 35.5. The molecular formula is C10H13ClO3S. The number of carboxylic acids is 1. The van der Waals surface area contributed by atoms with E-state index in [-0.39, 0.29) is 12.3 Å². The SMILES string of the molecule is CC(CC(=O)O)CC(O)c1sccc1Cl. The van der Waals surface area contributed by atoms with E-state index in [9.17, 15) is 9.90 Å². The summed E-state index contributed by atoms with van der Waals surface area (Å²) in [7, 11) is 0. The number of rotatable bonds is 5. The van der Waals surface area contributed by atoms with Crippen LogP contribution in [0.15, 0.2) is 11.4 Å². The Labute approximate surface area is 97.3 Å². The quantitative estimate of drug-likeness (QED) is 0.842. The fraction of sp³-hybridized carbons (Fsp3) is 0.500. The number of aliphatic hydroxyl groups is 1. The van der Waals surface area contributed by atoms with Crippen LogP contribution in [0.2, 0.25) is 5.02 Å². The molecule has 0 amide bonds. The molecule has 3 nitrogen and oxygen atoms in total. The number of carbonyl (C=O) groups is 1.